The fraction of sp³-hybridized carbons (Fsp3) is 0.923. The Hall–Kier alpha value is -0.930. The minimum Gasteiger partial charge on any atom is -0.456 e. The monoisotopic (exact) mass is 370 g/mol. The molecular formula is C13H22O12. The van der Waals surface area contributed by atoms with Crippen molar-refractivity contribution in [3.05, 3.63) is 0 Å². The molecule has 2 rings (SSSR count). The molecule has 9 atom stereocenters. The number of carbonyl (C=O) groups excluding carboxylic acids is 1. The SMILES string of the molecule is O=CO[C@H]1[C@H](O)[C@@H](CO)O[C@@]1(CO)O[C@H]1O[C@H](CO)[C@@H](O)[C@H](O)[C@H]1O. The van der Waals surface area contributed by atoms with E-state index in [0.29, 0.717) is 0 Å². The van der Waals surface area contributed by atoms with Crippen molar-refractivity contribution in [3.8, 4) is 0 Å². The molecule has 2 heterocycles. The van der Waals surface area contributed by atoms with Gasteiger partial charge >= 0.3 is 0 Å². The van der Waals surface area contributed by atoms with E-state index in [4.69, 9.17) is 19.3 Å². The lowest BCUT2D eigenvalue weighted by Gasteiger charge is -2.43. The molecule has 0 amide bonds. The summed E-state index contributed by atoms with van der Waals surface area (Å²) in [5.41, 5.74) is 0. The predicted molar refractivity (Wildman–Crippen MR) is 73.6 cm³/mol. The summed E-state index contributed by atoms with van der Waals surface area (Å²) in [7, 11) is 0. The number of carbonyl (C=O) groups is 1. The van der Waals surface area contributed by atoms with E-state index in [0.717, 1.165) is 0 Å². The fourth-order valence-electron chi connectivity index (χ4n) is 2.86. The Morgan fingerprint density at radius 3 is 2.08 bits per heavy atom. The quantitative estimate of drug-likeness (QED) is 0.211. The molecule has 0 aromatic rings. The van der Waals surface area contributed by atoms with Gasteiger partial charge in [-0.1, -0.05) is 0 Å². The first-order valence-corrected chi connectivity index (χ1v) is 7.50. The normalized spacial score (nSPS) is 47.6. The minimum atomic E-state index is -2.22. The van der Waals surface area contributed by atoms with Gasteiger partial charge in [0.15, 0.2) is 12.4 Å². The van der Waals surface area contributed by atoms with Crippen LogP contribution in [0.2, 0.25) is 0 Å². The molecular weight excluding hydrogens is 348 g/mol. The molecule has 7 N–H and O–H groups in total. The van der Waals surface area contributed by atoms with Gasteiger partial charge in [0.1, 0.15) is 43.2 Å². The Morgan fingerprint density at radius 2 is 1.56 bits per heavy atom. The maximum absolute atomic E-state index is 10.7. The third-order valence-electron chi connectivity index (χ3n) is 4.24. The van der Waals surface area contributed by atoms with E-state index in [-0.39, 0.29) is 6.47 Å². The molecule has 2 aliphatic rings. The lowest BCUT2D eigenvalue weighted by atomic mass is 9.99. The molecule has 0 spiro atoms. The maximum atomic E-state index is 10.7. The topological polar surface area (TPSA) is 196 Å². The Bertz CT molecular complexity index is 447. The van der Waals surface area contributed by atoms with Crippen LogP contribution >= 0.6 is 0 Å². The summed E-state index contributed by atoms with van der Waals surface area (Å²) >= 11 is 0. The van der Waals surface area contributed by atoms with Gasteiger partial charge in [0, 0.05) is 0 Å². The van der Waals surface area contributed by atoms with E-state index in [1.54, 1.807) is 0 Å². The van der Waals surface area contributed by atoms with E-state index in [2.05, 4.69) is 4.74 Å². The van der Waals surface area contributed by atoms with Crippen molar-refractivity contribution in [1.82, 2.24) is 0 Å². The van der Waals surface area contributed by atoms with Crippen molar-refractivity contribution >= 4 is 6.47 Å². The van der Waals surface area contributed by atoms with Crippen LogP contribution in [0.15, 0.2) is 0 Å². The van der Waals surface area contributed by atoms with Crippen molar-refractivity contribution in [2.75, 3.05) is 19.8 Å². The van der Waals surface area contributed by atoms with Crippen LogP contribution in [0.5, 0.6) is 0 Å². The third kappa shape index (κ3) is 3.64. The molecule has 2 aliphatic heterocycles. The van der Waals surface area contributed by atoms with Crippen molar-refractivity contribution in [2.45, 2.75) is 54.8 Å². The van der Waals surface area contributed by atoms with Gasteiger partial charge in [-0.15, -0.1) is 0 Å². The zero-order chi connectivity index (χ0) is 18.8. The van der Waals surface area contributed by atoms with E-state index in [1.807, 2.05) is 0 Å². The van der Waals surface area contributed by atoms with Crippen LogP contribution in [0.3, 0.4) is 0 Å². The number of aliphatic hydroxyl groups excluding tert-OH is 7. The van der Waals surface area contributed by atoms with Crippen molar-refractivity contribution in [2.24, 2.45) is 0 Å². The summed E-state index contributed by atoms with van der Waals surface area (Å²) in [6, 6.07) is 0. The highest BCUT2D eigenvalue weighted by molar-refractivity contribution is 5.38. The molecule has 0 aliphatic carbocycles. The lowest BCUT2D eigenvalue weighted by Crippen LogP contribution is -2.62. The second-order valence-corrected chi connectivity index (χ2v) is 5.77. The molecule has 0 unspecified atom stereocenters. The summed E-state index contributed by atoms with van der Waals surface area (Å²) in [4.78, 5) is 10.7. The zero-order valence-electron chi connectivity index (χ0n) is 13.0. The molecule has 0 saturated carbocycles. The molecule has 2 fully saturated rings. The molecule has 0 radical (unpaired) electrons. The van der Waals surface area contributed by atoms with Gasteiger partial charge in [-0.05, 0) is 0 Å². The summed E-state index contributed by atoms with van der Waals surface area (Å²) < 4.78 is 20.4. The number of aliphatic hydroxyl groups is 7. The first-order chi connectivity index (χ1) is 11.8. The number of ether oxygens (including phenoxy) is 4. The number of hydrogen-bond acceptors (Lipinski definition) is 12. The molecule has 2 saturated heterocycles. The van der Waals surface area contributed by atoms with Gasteiger partial charge < -0.3 is 54.7 Å². The lowest BCUT2D eigenvalue weighted by molar-refractivity contribution is -0.383. The van der Waals surface area contributed by atoms with Crippen LogP contribution in [0.4, 0.5) is 0 Å². The van der Waals surface area contributed by atoms with Gasteiger partial charge in [0.25, 0.3) is 6.47 Å². The average Bonchev–Trinajstić information content (AvgIpc) is 2.88. The number of rotatable bonds is 7. The van der Waals surface area contributed by atoms with Crippen LogP contribution in [0.1, 0.15) is 0 Å². The highest BCUT2D eigenvalue weighted by atomic mass is 16.8. The summed E-state index contributed by atoms with van der Waals surface area (Å²) in [5.74, 6) is -2.22. The maximum Gasteiger partial charge on any atom is 0.293 e. The van der Waals surface area contributed by atoms with E-state index >= 15 is 0 Å². The van der Waals surface area contributed by atoms with Gasteiger partial charge in [-0.3, -0.25) is 4.79 Å². The van der Waals surface area contributed by atoms with Crippen molar-refractivity contribution in [1.29, 1.82) is 0 Å². The summed E-state index contributed by atoms with van der Waals surface area (Å²) in [6.45, 7) is -2.42. The van der Waals surface area contributed by atoms with Crippen LogP contribution in [0, 0.1) is 0 Å². The second kappa shape index (κ2) is 8.18. The zero-order valence-corrected chi connectivity index (χ0v) is 13.0. The first-order valence-electron chi connectivity index (χ1n) is 7.50. The summed E-state index contributed by atoms with van der Waals surface area (Å²) in [6.07, 6.45) is -12.6. The number of hydrogen-bond donors (Lipinski definition) is 7. The Kier molecular flexibility index (Phi) is 6.67. The molecule has 146 valence electrons. The highest BCUT2D eigenvalue weighted by Crippen LogP contribution is 2.37. The highest BCUT2D eigenvalue weighted by Gasteiger charge is 2.60. The van der Waals surface area contributed by atoms with Crippen molar-refractivity contribution in [3.63, 3.8) is 0 Å². The van der Waals surface area contributed by atoms with Gasteiger partial charge in [0.05, 0.1) is 13.2 Å². The molecule has 12 nitrogen and oxygen atoms in total. The average molecular weight is 370 g/mol. The van der Waals surface area contributed by atoms with Crippen LogP contribution < -0.4 is 0 Å². The molecule has 0 aromatic carbocycles. The Balaban J connectivity index is 2.25. The van der Waals surface area contributed by atoms with E-state index < -0.39 is 74.6 Å². The van der Waals surface area contributed by atoms with Crippen LogP contribution in [-0.4, -0.2) is 117 Å². The third-order valence-corrected chi connectivity index (χ3v) is 4.24. The fourth-order valence-corrected chi connectivity index (χ4v) is 2.86. The van der Waals surface area contributed by atoms with E-state index in [9.17, 15) is 35.4 Å². The second-order valence-electron chi connectivity index (χ2n) is 5.77. The Morgan fingerprint density at radius 1 is 0.920 bits per heavy atom. The Labute approximate surface area is 141 Å². The largest absolute Gasteiger partial charge is 0.456 e. The smallest absolute Gasteiger partial charge is 0.293 e. The van der Waals surface area contributed by atoms with Gasteiger partial charge in [-0.25, -0.2) is 0 Å². The predicted octanol–water partition coefficient (Wildman–Crippen LogP) is -5.21. The van der Waals surface area contributed by atoms with E-state index in [1.165, 1.54) is 0 Å². The van der Waals surface area contributed by atoms with Gasteiger partial charge in [0.2, 0.25) is 5.79 Å². The minimum absolute atomic E-state index is 0.0297. The standard InChI is InChI=1S/C13H22O12/c14-1-5-7(18)9(20)10(21)12(23-5)25-13(3-16)11(22-4-17)8(19)6(2-15)24-13/h4-12,14-16,18-21H,1-3H2/t5-,6-,7-,8-,9+,10-,11+,12-,13+/m1/s1. The van der Waals surface area contributed by atoms with Crippen molar-refractivity contribution < 1.29 is 59.5 Å². The van der Waals surface area contributed by atoms with Crippen LogP contribution in [0.25, 0.3) is 0 Å². The molecule has 12 heteroatoms. The molecule has 0 aromatic heterocycles. The summed E-state index contributed by atoms with van der Waals surface area (Å²) in [5, 5.41) is 67.6. The van der Waals surface area contributed by atoms with Gasteiger partial charge in [-0.2, -0.15) is 0 Å². The first kappa shape index (κ1) is 20.4. The molecule has 0 bridgehead atoms. The molecule has 25 heavy (non-hydrogen) atoms. The van der Waals surface area contributed by atoms with Crippen LogP contribution in [-0.2, 0) is 23.7 Å².